The number of hydrogen-bond donors (Lipinski definition) is 0. The van der Waals surface area contributed by atoms with Crippen LogP contribution in [-0.4, -0.2) is 4.98 Å². The maximum atomic E-state index is 4.20. The van der Waals surface area contributed by atoms with Gasteiger partial charge in [0, 0.05) is 12.6 Å². The third-order valence-electron chi connectivity index (χ3n) is 1.53. The number of halogens is 1. The van der Waals surface area contributed by atoms with Gasteiger partial charge in [-0.25, -0.2) is 0 Å². The third-order valence-corrected chi connectivity index (χ3v) is 1.53. The van der Waals surface area contributed by atoms with Crippen molar-refractivity contribution in [2.75, 3.05) is 0 Å². The number of pyridine rings is 1. The summed E-state index contributed by atoms with van der Waals surface area (Å²) in [5.41, 5.74) is 2.48. The van der Waals surface area contributed by atoms with E-state index in [1.165, 1.54) is 11.3 Å². The van der Waals surface area contributed by atoms with Crippen LogP contribution in [0.25, 0.3) is 6.08 Å². The standard InChI is InChI=1S/C8H7N.ClH/c1-3-7-4-2-6-9-8(7)5-1;/h1-4,6H,5H2;1H. The first-order valence-corrected chi connectivity index (χ1v) is 3.07. The van der Waals surface area contributed by atoms with Crippen LogP contribution in [0.4, 0.5) is 0 Å². The first-order valence-electron chi connectivity index (χ1n) is 3.07. The zero-order valence-corrected chi connectivity index (χ0v) is 6.27. The molecule has 0 amide bonds. The van der Waals surface area contributed by atoms with Gasteiger partial charge < -0.3 is 0 Å². The molecule has 1 aromatic heterocycles. The Balaban J connectivity index is 0.000000500. The summed E-state index contributed by atoms with van der Waals surface area (Å²) in [5.74, 6) is 0. The minimum Gasteiger partial charge on any atom is -0.260 e. The lowest BCUT2D eigenvalue weighted by molar-refractivity contribution is 1.13. The zero-order valence-electron chi connectivity index (χ0n) is 5.45. The second kappa shape index (κ2) is 2.84. The predicted molar refractivity (Wildman–Crippen MR) is 44.2 cm³/mol. The molecule has 0 radical (unpaired) electrons. The highest BCUT2D eigenvalue weighted by Gasteiger charge is 2.02. The largest absolute Gasteiger partial charge is 0.260 e. The summed E-state index contributed by atoms with van der Waals surface area (Å²) in [6.45, 7) is 0. The van der Waals surface area contributed by atoms with Crippen LogP contribution in [0.1, 0.15) is 11.3 Å². The number of aromatic nitrogens is 1. The lowest BCUT2D eigenvalue weighted by atomic mass is 10.2. The van der Waals surface area contributed by atoms with E-state index >= 15 is 0 Å². The minimum atomic E-state index is 0. The molecule has 0 bridgehead atoms. The van der Waals surface area contributed by atoms with E-state index in [1.54, 1.807) is 0 Å². The summed E-state index contributed by atoms with van der Waals surface area (Å²) in [4.78, 5) is 4.20. The molecule has 0 spiro atoms. The van der Waals surface area contributed by atoms with Crippen molar-refractivity contribution in [2.24, 2.45) is 0 Å². The van der Waals surface area contributed by atoms with Crippen molar-refractivity contribution in [1.82, 2.24) is 4.98 Å². The molecule has 0 saturated carbocycles. The molecule has 0 aromatic carbocycles. The van der Waals surface area contributed by atoms with Gasteiger partial charge in [0.05, 0.1) is 5.69 Å². The highest BCUT2D eigenvalue weighted by Crippen LogP contribution is 2.14. The molecule has 1 nitrogen and oxygen atoms in total. The van der Waals surface area contributed by atoms with Crippen LogP contribution in [0.2, 0.25) is 0 Å². The van der Waals surface area contributed by atoms with E-state index in [1.807, 2.05) is 12.3 Å². The molecule has 1 aliphatic carbocycles. The molecule has 0 unspecified atom stereocenters. The van der Waals surface area contributed by atoms with E-state index in [0.717, 1.165) is 6.42 Å². The summed E-state index contributed by atoms with van der Waals surface area (Å²) in [5, 5.41) is 0. The summed E-state index contributed by atoms with van der Waals surface area (Å²) >= 11 is 0. The van der Waals surface area contributed by atoms with Crippen LogP contribution in [0.3, 0.4) is 0 Å². The first-order chi connectivity index (χ1) is 4.47. The fourth-order valence-electron chi connectivity index (χ4n) is 1.07. The maximum absolute atomic E-state index is 4.20. The van der Waals surface area contributed by atoms with Crippen LogP contribution < -0.4 is 0 Å². The van der Waals surface area contributed by atoms with Crippen molar-refractivity contribution in [3.63, 3.8) is 0 Å². The molecule has 2 rings (SSSR count). The molecule has 1 aliphatic rings. The average molecular weight is 154 g/mol. The number of rotatable bonds is 0. The van der Waals surface area contributed by atoms with E-state index in [2.05, 4.69) is 23.2 Å². The summed E-state index contributed by atoms with van der Waals surface area (Å²) in [6, 6.07) is 4.06. The van der Waals surface area contributed by atoms with Gasteiger partial charge in [-0.15, -0.1) is 12.4 Å². The zero-order chi connectivity index (χ0) is 6.10. The molecule has 0 N–H and O–H groups in total. The Morgan fingerprint density at radius 1 is 1.40 bits per heavy atom. The lowest BCUT2D eigenvalue weighted by Gasteiger charge is -1.92. The second-order valence-corrected chi connectivity index (χ2v) is 2.15. The molecule has 52 valence electrons. The predicted octanol–water partition coefficient (Wildman–Crippen LogP) is 2.07. The molecule has 0 atom stereocenters. The Bertz CT molecular complexity index is 255. The van der Waals surface area contributed by atoms with Crippen molar-refractivity contribution in [1.29, 1.82) is 0 Å². The van der Waals surface area contributed by atoms with Crippen molar-refractivity contribution in [3.8, 4) is 0 Å². The van der Waals surface area contributed by atoms with Gasteiger partial charge in [0.2, 0.25) is 0 Å². The van der Waals surface area contributed by atoms with Gasteiger partial charge in [0.15, 0.2) is 0 Å². The Kier molecular flexibility index (Phi) is 2.07. The van der Waals surface area contributed by atoms with Gasteiger partial charge >= 0.3 is 0 Å². The molecule has 0 fully saturated rings. The van der Waals surface area contributed by atoms with Crippen LogP contribution in [0.5, 0.6) is 0 Å². The van der Waals surface area contributed by atoms with E-state index in [4.69, 9.17) is 0 Å². The average Bonchev–Trinajstić information content (AvgIpc) is 2.33. The van der Waals surface area contributed by atoms with Crippen molar-refractivity contribution in [2.45, 2.75) is 6.42 Å². The minimum absolute atomic E-state index is 0. The topological polar surface area (TPSA) is 12.9 Å². The molecule has 1 heterocycles. The smallest absolute Gasteiger partial charge is 0.0513 e. The monoisotopic (exact) mass is 153 g/mol. The van der Waals surface area contributed by atoms with Crippen molar-refractivity contribution in [3.05, 3.63) is 35.7 Å². The molecule has 10 heavy (non-hydrogen) atoms. The van der Waals surface area contributed by atoms with Gasteiger partial charge in [-0.05, 0) is 11.6 Å². The van der Waals surface area contributed by atoms with Crippen molar-refractivity contribution < 1.29 is 0 Å². The fourth-order valence-corrected chi connectivity index (χ4v) is 1.07. The number of hydrogen-bond acceptors (Lipinski definition) is 1. The summed E-state index contributed by atoms with van der Waals surface area (Å²) in [7, 11) is 0. The Morgan fingerprint density at radius 3 is 3.10 bits per heavy atom. The fraction of sp³-hybridized carbons (Fsp3) is 0.125. The SMILES string of the molecule is C1=Cc2cccnc2C1.Cl. The number of nitrogens with zero attached hydrogens (tertiary/aromatic N) is 1. The lowest BCUT2D eigenvalue weighted by Crippen LogP contribution is -1.83. The van der Waals surface area contributed by atoms with Crippen LogP contribution >= 0.6 is 12.4 Å². The summed E-state index contributed by atoms with van der Waals surface area (Å²) < 4.78 is 0. The quantitative estimate of drug-likeness (QED) is 0.556. The second-order valence-electron chi connectivity index (χ2n) is 2.15. The Labute approximate surface area is 66.2 Å². The van der Waals surface area contributed by atoms with Gasteiger partial charge in [0.25, 0.3) is 0 Å². The van der Waals surface area contributed by atoms with Crippen molar-refractivity contribution >= 4 is 18.5 Å². The summed E-state index contributed by atoms with van der Waals surface area (Å²) in [6.07, 6.45) is 7.10. The van der Waals surface area contributed by atoms with Gasteiger partial charge in [-0.1, -0.05) is 18.2 Å². The molecule has 0 aliphatic heterocycles. The maximum Gasteiger partial charge on any atom is 0.0513 e. The highest BCUT2D eigenvalue weighted by atomic mass is 35.5. The van der Waals surface area contributed by atoms with E-state index in [9.17, 15) is 0 Å². The highest BCUT2D eigenvalue weighted by molar-refractivity contribution is 5.85. The molecule has 1 aromatic rings. The Morgan fingerprint density at radius 2 is 2.30 bits per heavy atom. The molecular weight excluding hydrogens is 146 g/mol. The van der Waals surface area contributed by atoms with Crippen LogP contribution in [0, 0.1) is 0 Å². The van der Waals surface area contributed by atoms with Crippen LogP contribution in [0.15, 0.2) is 24.4 Å². The van der Waals surface area contributed by atoms with E-state index in [-0.39, 0.29) is 12.4 Å². The normalized spacial score (nSPS) is 12.4. The molecule has 0 saturated heterocycles. The Hall–Kier alpha value is -0.820. The first kappa shape index (κ1) is 7.29. The van der Waals surface area contributed by atoms with E-state index in [0.29, 0.717) is 0 Å². The number of fused-ring (bicyclic) bond motifs is 1. The van der Waals surface area contributed by atoms with Crippen LogP contribution in [-0.2, 0) is 6.42 Å². The molecule has 2 heteroatoms. The van der Waals surface area contributed by atoms with Gasteiger partial charge in [-0.3, -0.25) is 4.98 Å². The van der Waals surface area contributed by atoms with E-state index < -0.39 is 0 Å². The van der Waals surface area contributed by atoms with Gasteiger partial charge in [0.1, 0.15) is 0 Å². The van der Waals surface area contributed by atoms with Gasteiger partial charge in [-0.2, -0.15) is 0 Å². The molecular formula is C8H8ClN. The number of allylic oxidation sites excluding steroid dienone is 1. The third kappa shape index (κ3) is 1.05.